The van der Waals surface area contributed by atoms with Crippen LogP contribution < -0.4 is 5.32 Å². The van der Waals surface area contributed by atoms with Crippen LogP contribution in [0.5, 0.6) is 0 Å². The highest BCUT2D eigenvalue weighted by atomic mass is 16.6. The molecule has 0 bridgehead atoms. The Hall–Kier alpha value is -0.0800. The molecular formula is C7H13NO. The van der Waals surface area contributed by atoms with Crippen molar-refractivity contribution in [2.24, 2.45) is 0 Å². The van der Waals surface area contributed by atoms with Crippen LogP contribution in [0.3, 0.4) is 0 Å². The number of hydrogen-bond acceptors (Lipinski definition) is 2. The van der Waals surface area contributed by atoms with Gasteiger partial charge in [-0.1, -0.05) is 0 Å². The summed E-state index contributed by atoms with van der Waals surface area (Å²) < 4.78 is 5.40. The summed E-state index contributed by atoms with van der Waals surface area (Å²) in [6.07, 6.45) is 5.06. The Labute approximate surface area is 55.6 Å². The summed E-state index contributed by atoms with van der Waals surface area (Å²) in [7, 11) is 0. The Bertz CT molecular complexity index is 93.1. The fraction of sp³-hybridized carbons (Fsp3) is 1.00. The van der Waals surface area contributed by atoms with E-state index in [2.05, 4.69) is 5.32 Å². The SMILES string of the molecule is C1CNCCC2OC2C1. The molecule has 2 heteroatoms. The minimum atomic E-state index is 0.623. The molecule has 0 aromatic heterocycles. The molecule has 2 heterocycles. The van der Waals surface area contributed by atoms with Gasteiger partial charge < -0.3 is 10.1 Å². The van der Waals surface area contributed by atoms with Crippen molar-refractivity contribution < 1.29 is 4.74 Å². The Morgan fingerprint density at radius 1 is 1.11 bits per heavy atom. The fourth-order valence-electron chi connectivity index (χ4n) is 1.48. The Kier molecular flexibility index (Phi) is 1.44. The van der Waals surface area contributed by atoms with E-state index in [1.807, 2.05) is 0 Å². The first kappa shape index (κ1) is 5.69. The van der Waals surface area contributed by atoms with E-state index < -0.39 is 0 Å². The normalized spacial score (nSPS) is 42.7. The summed E-state index contributed by atoms with van der Waals surface area (Å²) >= 11 is 0. The van der Waals surface area contributed by atoms with Crippen LogP contribution in [0, 0.1) is 0 Å². The van der Waals surface area contributed by atoms with Gasteiger partial charge in [0.1, 0.15) is 0 Å². The number of hydrogen-bond donors (Lipinski definition) is 1. The first-order chi connectivity index (χ1) is 4.47. The number of nitrogens with one attached hydrogen (secondary N) is 1. The third kappa shape index (κ3) is 1.25. The standard InChI is InChI=1S/C7H13NO/c1-2-6-7(9-6)3-5-8-4-1/h6-8H,1-5H2. The minimum absolute atomic E-state index is 0.623. The quantitative estimate of drug-likeness (QED) is 0.480. The molecule has 2 saturated heterocycles. The molecule has 0 spiro atoms. The maximum absolute atomic E-state index is 5.40. The topological polar surface area (TPSA) is 24.6 Å². The number of fused-ring (bicyclic) bond motifs is 1. The average molecular weight is 127 g/mol. The van der Waals surface area contributed by atoms with Gasteiger partial charge in [-0.05, 0) is 32.4 Å². The van der Waals surface area contributed by atoms with Crippen LogP contribution in [0.4, 0.5) is 0 Å². The second-order valence-electron chi connectivity index (χ2n) is 2.89. The molecule has 0 aromatic carbocycles. The smallest absolute Gasteiger partial charge is 0.0854 e. The number of rotatable bonds is 0. The summed E-state index contributed by atoms with van der Waals surface area (Å²) in [5.41, 5.74) is 0. The maximum atomic E-state index is 5.40. The van der Waals surface area contributed by atoms with Crippen LogP contribution in [-0.2, 0) is 4.74 Å². The molecule has 2 aliphatic heterocycles. The van der Waals surface area contributed by atoms with Gasteiger partial charge in [0.25, 0.3) is 0 Å². The van der Waals surface area contributed by atoms with Crippen molar-refractivity contribution in [3.05, 3.63) is 0 Å². The predicted octanol–water partition coefficient (Wildman–Crippen LogP) is 0.527. The van der Waals surface area contributed by atoms with Crippen molar-refractivity contribution in [3.63, 3.8) is 0 Å². The van der Waals surface area contributed by atoms with E-state index in [4.69, 9.17) is 4.74 Å². The predicted molar refractivity (Wildman–Crippen MR) is 35.4 cm³/mol. The van der Waals surface area contributed by atoms with Crippen LogP contribution in [-0.4, -0.2) is 25.3 Å². The van der Waals surface area contributed by atoms with Crippen molar-refractivity contribution in [2.75, 3.05) is 13.1 Å². The Balaban J connectivity index is 1.81. The zero-order chi connectivity index (χ0) is 6.10. The lowest BCUT2D eigenvalue weighted by atomic mass is 10.1. The highest BCUT2D eigenvalue weighted by Gasteiger charge is 2.37. The first-order valence-electron chi connectivity index (χ1n) is 3.83. The van der Waals surface area contributed by atoms with Gasteiger partial charge in [0, 0.05) is 0 Å². The lowest BCUT2D eigenvalue weighted by molar-refractivity contribution is 0.360. The van der Waals surface area contributed by atoms with Gasteiger partial charge in [-0.25, -0.2) is 0 Å². The van der Waals surface area contributed by atoms with Crippen LogP contribution in [0.1, 0.15) is 19.3 Å². The lowest BCUT2D eigenvalue weighted by Crippen LogP contribution is -2.21. The van der Waals surface area contributed by atoms with E-state index in [-0.39, 0.29) is 0 Å². The number of epoxide rings is 1. The highest BCUT2D eigenvalue weighted by Crippen LogP contribution is 2.29. The highest BCUT2D eigenvalue weighted by molar-refractivity contribution is 4.86. The zero-order valence-corrected chi connectivity index (χ0v) is 5.60. The molecule has 0 saturated carbocycles. The van der Waals surface area contributed by atoms with Crippen molar-refractivity contribution in [1.82, 2.24) is 5.32 Å². The van der Waals surface area contributed by atoms with Gasteiger partial charge >= 0.3 is 0 Å². The third-order valence-corrected chi connectivity index (χ3v) is 2.14. The molecule has 1 N–H and O–H groups in total. The Morgan fingerprint density at radius 3 is 3.00 bits per heavy atom. The van der Waals surface area contributed by atoms with Gasteiger partial charge in [0.15, 0.2) is 0 Å². The second-order valence-corrected chi connectivity index (χ2v) is 2.89. The van der Waals surface area contributed by atoms with Gasteiger partial charge in [-0.2, -0.15) is 0 Å². The molecule has 0 aliphatic carbocycles. The zero-order valence-electron chi connectivity index (χ0n) is 5.60. The molecule has 2 rings (SSSR count). The van der Waals surface area contributed by atoms with Gasteiger partial charge in [-0.15, -0.1) is 0 Å². The van der Waals surface area contributed by atoms with E-state index >= 15 is 0 Å². The van der Waals surface area contributed by atoms with Gasteiger partial charge in [-0.3, -0.25) is 0 Å². The molecule has 0 radical (unpaired) electrons. The van der Waals surface area contributed by atoms with Crippen molar-refractivity contribution in [3.8, 4) is 0 Å². The van der Waals surface area contributed by atoms with Crippen molar-refractivity contribution in [1.29, 1.82) is 0 Å². The summed E-state index contributed by atoms with van der Waals surface area (Å²) in [5.74, 6) is 0. The van der Waals surface area contributed by atoms with Crippen LogP contribution in [0.25, 0.3) is 0 Å². The van der Waals surface area contributed by atoms with Crippen molar-refractivity contribution >= 4 is 0 Å². The van der Waals surface area contributed by atoms with Crippen LogP contribution in [0.15, 0.2) is 0 Å². The average Bonchev–Trinajstić information content (AvgIpc) is 2.46. The summed E-state index contributed by atoms with van der Waals surface area (Å²) in [5, 5.41) is 3.36. The molecule has 2 atom stereocenters. The van der Waals surface area contributed by atoms with Gasteiger partial charge in [0.2, 0.25) is 0 Å². The summed E-state index contributed by atoms with van der Waals surface area (Å²) in [6.45, 7) is 2.34. The molecule has 52 valence electrons. The second kappa shape index (κ2) is 2.27. The molecule has 2 fully saturated rings. The van der Waals surface area contributed by atoms with E-state index in [0.29, 0.717) is 12.2 Å². The number of ether oxygens (including phenoxy) is 1. The molecule has 2 nitrogen and oxygen atoms in total. The van der Waals surface area contributed by atoms with Crippen LogP contribution in [0.2, 0.25) is 0 Å². The van der Waals surface area contributed by atoms with Crippen molar-refractivity contribution in [2.45, 2.75) is 31.5 Å². The molecular weight excluding hydrogens is 114 g/mol. The Morgan fingerprint density at radius 2 is 2.00 bits per heavy atom. The molecule has 0 amide bonds. The summed E-state index contributed by atoms with van der Waals surface area (Å²) in [6, 6.07) is 0. The maximum Gasteiger partial charge on any atom is 0.0854 e. The van der Waals surface area contributed by atoms with E-state index in [0.717, 1.165) is 6.54 Å². The van der Waals surface area contributed by atoms with Crippen LogP contribution >= 0.6 is 0 Å². The lowest BCUT2D eigenvalue weighted by Gasteiger charge is -2.04. The van der Waals surface area contributed by atoms with E-state index in [1.54, 1.807) is 0 Å². The first-order valence-corrected chi connectivity index (χ1v) is 3.83. The van der Waals surface area contributed by atoms with Gasteiger partial charge in [0.05, 0.1) is 12.2 Å². The minimum Gasteiger partial charge on any atom is -0.370 e. The molecule has 9 heavy (non-hydrogen) atoms. The molecule has 2 aliphatic rings. The van der Waals surface area contributed by atoms with E-state index in [9.17, 15) is 0 Å². The molecule has 2 unspecified atom stereocenters. The molecule has 0 aromatic rings. The van der Waals surface area contributed by atoms with E-state index in [1.165, 1.54) is 25.8 Å². The fourth-order valence-corrected chi connectivity index (χ4v) is 1.48. The largest absolute Gasteiger partial charge is 0.370 e. The third-order valence-electron chi connectivity index (χ3n) is 2.14. The summed E-state index contributed by atoms with van der Waals surface area (Å²) in [4.78, 5) is 0. The monoisotopic (exact) mass is 127 g/mol.